The third-order valence-electron chi connectivity index (χ3n) is 6.13. The quantitative estimate of drug-likeness (QED) is 0.290. The molecular formula is C26H25N5O2S2. The summed E-state index contributed by atoms with van der Waals surface area (Å²) < 4.78 is 1.98. The number of aromatic nitrogens is 2. The number of carbonyl (C=O) groups is 1. The van der Waals surface area contributed by atoms with Crippen molar-refractivity contribution in [3.8, 4) is 0 Å². The molecule has 0 radical (unpaired) electrons. The fourth-order valence-corrected chi connectivity index (χ4v) is 5.59. The Hall–Kier alpha value is -3.27. The molecule has 5 rings (SSSR count). The van der Waals surface area contributed by atoms with Crippen LogP contribution in [0.3, 0.4) is 0 Å². The van der Waals surface area contributed by atoms with Crippen LogP contribution in [0.25, 0.3) is 11.7 Å². The molecule has 0 atom stereocenters. The van der Waals surface area contributed by atoms with Crippen LogP contribution in [0.15, 0.2) is 77.1 Å². The smallest absolute Gasteiger partial charge is 0.267 e. The van der Waals surface area contributed by atoms with Gasteiger partial charge in [0.15, 0.2) is 0 Å². The normalized spacial score (nSPS) is 18.1. The maximum Gasteiger partial charge on any atom is 0.267 e. The number of amides is 1. The highest BCUT2D eigenvalue weighted by molar-refractivity contribution is 8.26. The summed E-state index contributed by atoms with van der Waals surface area (Å²) in [6.45, 7) is 8.11. The predicted molar refractivity (Wildman–Crippen MR) is 145 cm³/mol. The molecule has 35 heavy (non-hydrogen) atoms. The van der Waals surface area contributed by atoms with Gasteiger partial charge in [-0.2, -0.15) is 0 Å². The number of rotatable bonds is 6. The van der Waals surface area contributed by atoms with Crippen LogP contribution in [0.4, 0.5) is 5.82 Å². The molecule has 1 amide bonds. The molecule has 7 nitrogen and oxygen atoms in total. The number of fused-ring (bicyclic) bond motifs is 1. The predicted octanol–water partition coefficient (Wildman–Crippen LogP) is 3.40. The van der Waals surface area contributed by atoms with E-state index >= 15 is 0 Å². The Bertz CT molecular complexity index is 1380. The highest BCUT2D eigenvalue weighted by Crippen LogP contribution is 2.33. The summed E-state index contributed by atoms with van der Waals surface area (Å²) in [5.74, 6) is 0.394. The lowest BCUT2D eigenvalue weighted by molar-refractivity contribution is -0.121. The van der Waals surface area contributed by atoms with E-state index in [-0.39, 0.29) is 11.5 Å². The van der Waals surface area contributed by atoms with Crippen LogP contribution in [0.2, 0.25) is 0 Å². The molecule has 4 heterocycles. The second-order valence-electron chi connectivity index (χ2n) is 8.41. The molecule has 2 aliphatic rings. The number of hydrogen-bond donors (Lipinski definition) is 0. The first-order chi connectivity index (χ1) is 17.0. The van der Waals surface area contributed by atoms with Gasteiger partial charge in [0.2, 0.25) is 0 Å². The highest BCUT2D eigenvalue weighted by atomic mass is 32.2. The molecule has 0 saturated carbocycles. The average Bonchev–Trinajstić information content (AvgIpc) is 3.14. The van der Waals surface area contributed by atoms with Crippen LogP contribution in [0.5, 0.6) is 0 Å². The number of thioether (sulfide) groups is 1. The van der Waals surface area contributed by atoms with Crippen molar-refractivity contribution in [2.75, 3.05) is 37.6 Å². The first-order valence-electron chi connectivity index (χ1n) is 11.4. The van der Waals surface area contributed by atoms with Gasteiger partial charge in [0, 0.05) is 45.5 Å². The standard InChI is InChI=1S/C26H25N5O2S2/c1-2-11-31-25(33)21(35-26(31)34)17-20-23(27-22-10-6-7-12-30(22)24(20)32)29-15-13-28(14-16-29)18-19-8-4-3-5-9-19/h2-10,12,17H,1,11,13-16,18H2. The summed E-state index contributed by atoms with van der Waals surface area (Å²) in [6.07, 6.45) is 5.00. The number of benzene rings is 1. The average molecular weight is 504 g/mol. The maximum atomic E-state index is 13.5. The Morgan fingerprint density at radius 3 is 2.51 bits per heavy atom. The summed E-state index contributed by atoms with van der Waals surface area (Å²) in [4.78, 5) is 37.8. The number of carbonyl (C=O) groups excluding carboxylic acids is 1. The van der Waals surface area contributed by atoms with Crippen molar-refractivity contribution in [3.05, 3.63) is 93.8 Å². The van der Waals surface area contributed by atoms with Crippen molar-refractivity contribution < 1.29 is 4.79 Å². The van der Waals surface area contributed by atoms with Gasteiger partial charge in [-0.3, -0.25) is 23.8 Å². The Labute approximate surface area is 213 Å². The minimum Gasteiger partial charge on any atom is -0.353 e. The maximum absolute atomic E-state index is 13.5. The van der Waals surface area contributed by atoms with Gasteiger partial charge < -0.3 is 4.90 Å². The SMILES string of the molecule is C=CCN1C(=O)C(=Cc2c(N3CCN(Cc4ccccc4)CC3)nc3ccccn3c2=O)SC1=S. The van der Waals surface area contributed by atoms with E-state index in [1.807, 2.05) is 18.2 Å². The van der Waals surface area contributed by atoms with Gasteiger partial charge in [0.1, 0.15) is 15.8 Å². The molecule has 9 heteroatoms. The first kappa shape index (κ1) is 23.5. The number of piperazine rings is 1. The van der Waals surface area contributed by atoms with E-state index < -0.39 is 0 Å². The molecule has 178 valence electrons. The fourth-order valence-electron chi connectivity index (χ4n) is 4.34. The summed E-state index contributed by atoms with van der Waals surface area (Å²) in [5, 5.41) is 0. The Kier molecular flexibility index (Phi) is 6.81. The summed E-state index contributed by atoms with van der Waals surface area (Å²) in [5.41, 5.74) is 2.07. The molecule has 3 aromatic rings. The van der Waals surface area contributed by atoms with Crippen molar-refractivity contribution in [1.29, 1.82) is 0 Å². The van der Waals surface area contributed by atoms with E-state index in [1.54, 1.807) is 24.4 Å². The van der Waals surface area contributed by atoms with E-state index in [2.05, 4.69) is 40.6 Å². The van der Waals surface area contributed by atoms with Gasteiger partial charge in [-0.15, -0.1) is 6.58 Å². The molecule has 0 N–H and O–H groups in total. The molecule has 0 bridgehead atoms. The van der Waals surface area contributed by atoms with Crippen LogP contribution < -0.4 is 10.5 Å². The number of anilines is 1. The molecule has 0 aliphatic carbocycles. The molecular weight excluding hydrogens is 478 g/mol. The molecule has 2 saturated heterocycles. The Balaban J connectivity index is 1.47. The van der Waals surface area contributed by atoms with Crippen LogP contribution in [-0.2, 0) is 11.3 Å². The zero-order valence-electron chi connectivity index (χ0n) is 19.2. The highest BCUT2D eigenvalue weighted by Gasteiger charge is 2.32. The van der Waals surface area contributed by atoms with Gasteiger partial charge in [-0.25, -0.2) is 4.98 Å². The fraction of sp³-hybridized carbons (Fsp3) is 0.231. The number of pyridine rings is 1. The first-order valence-corrected chi connectivity index (χ1v) is 12.7. The van der Waals surface area contributed by atoms with Crippen LogP contribution >= 0.6 is 24.0 Å². The second kappa shape index (κ2) is 10.2. The van der Waals surface area contributed by atoms with Gasteiger partial charge in [0.25, 0.3) is 11.5 Å². The lowest BCUT2D eigenvalue weighted by Gasteiger charge is -2.36. The number of nitrogens with zero attached hydrogens (tertiary/aromatic N) is 5. The van der Waals surface area contributed by atoms with Gasteiger partial charge >= 0.3 is 0 Å². The van der Waals surface area contributed by atoms with Crippen molar-refractivity contribution in [3.63, 3.8) is 0 Å². The lowest BCUT2D eigenvalue weighted by Crippen LogP contribution is -2.47. The second-order valence-corrected chi connectivity index (χ2v) is 10.1. The molecule has 0 unspecified atom stereocenters. The van der Waals surface area contributed by atoms with E-state index in [4.69, 9.17) is 17.2 Å². The zero-order chi connectivity index (χ0) is 24.4. The molecule has 2 aliphatic heterocycles. The molecule has 0 spiro atoms. The van der Waals surface area contributed by atoms with E-state index in [0.717, 1.165) is 32.7 Å². The van der Waals surface area contributed by atoms with Gasteiger partial charge in [-0.05, 0) is 23.8 Å². The van der Waals surface area contributed by atoms with E-state index in [9.17, 15) is 9.59 Å². The minimum absolute atomic E-state index is 0.202. The van der Waals surface area contributed by atoms with Crippen molar-refractivity contribution in [2.24, 2.45) is 0 Å². The van der Waals surface area contributed by atoms with Gasteiger partial charge in [0.05, 0.1) is 10.5 Å². The minimum atomic E-state index is -0.212. The summed E-state index contributed by atoms with van der Waals surface area (Å²) >= 11 is 6.58. The Morgan fingerprint density at radius 2 is 1.77 bits per heavy atom. The zero-order valence-corrected chi connectivity index (χ0v) is 20.8. The third-order valence-corrected chi connectivity index (χ3v) is 7.51. The van der Waals surface area contributed by atoms with Gasteiger partial charge in [-0.1, -0.05) is 66.5 Å². The van der Waals surface area contributed by atoms with Crippen molar-refractivity contribution >= 4 is 51.7 Å². The monoisotopic (exact) mass is 503 g/mol. The topological polar surface area (TPSA) is 61.2 Å². The summed E-state index contributed by atoms with van der Waals surface area (Å²) in [7, 11) is 0. The largest absolute Gasteiger partial charge is 0.353 e. The number of thiocarbonyl (C=S) groups is 1. The van der Waals surface area contributed by atoms with Crippen LogP contribution in [0, 0.1) is 0 Å². The van der Waals surface area contributed by atoms with Crippen molar-refractivity contribution in [1.82, 2.24) is 19.2 Å². The molecule has 2 aromatic heterocycles. The summed E-state index contributed by atoms with van der Waals surface area (Å²) in [6, 6.07) is 15.9. The third kappa shape index (κ3) is 4.80. The van der Waals surface area contributed by atoms with E-state index in [1.165, 1.54) is 26.6 Å². The van der Waals surface area contributed by atoms with Crippen LogP contribution in [-0.4, -0.2) is 62.1 Å². The van der Waals surface area contributed by atoms with Crippen molar-refractivity contribution in [2.45, 2.75) is 6.54 Å². The molecule has 2 fully saturated rings. The lowest BCUT2D eigenvalue weighted by atomic mass is 10.2. The number of hydrogen-bond acceptors (Lipinski definition) is 7. The van der Waals surface area contributed by atoms with E-state index in [0.29, 0.717) is 32.8 Å². The molecule has 1 aromatic carbocycles. The van der Waals surface area contributed by atoms with Crippen LogP contribution in [0.1, 0.15) is 11.1 Å². The Morgan fingerprint density at radius 1 is 1.03 bits per heavy atom.